The number of para-hydroxylation sites is 1. The van der Waals surface area contributed by atoms with Crippen LogP contribution in [-0.2, 0) is 4.79 Å². The second-order valence-corrected chi connectivity index (χ2v) is 7.44. The van der Waals surface area contributed by atoms with E-state index in [1.807, 2.05) is 47.2 Å². The molecule has 1 atom stereocenters. The van der Waals surface area contributed by atoms with Crippen molar-refractivity contribution in [1.29, 1.82) is 0 Å². The zero-order valence-corrected chi connectivity index (χ0v) is 14.8. The van der Waals surface area contributed by atoms with E-state index in [-0.39, 0.29) is 17.3 Å². The summed E-state index contributed by atoms with van der Waals surface area (Å²) in [6.07, 6.45) is 2.23. The first kappa shape index (κ1) is 15.4. The van der Waals surface area contributed by atoms with E-state index in [2.05, 4.69) is 10.4 Å². The maximum absolute atomic E-state index is 13.3. The molecule has 1 aromatic carbocycles. The molecule has 26 heavy (non-hydrogen) atoms. The molecule has 2 aliphatic rings. The molecule has 5 nitrogen and oxygen atoms in total. The molecule has 2 N–H and O–H groups in total. The van der Waals surface area contributed by atoms with Crippen molar-refractivity contribution in [2.45, 2.75) is 25.2 Å². The first-order valence-corrected chi connectivity index (χ1v) is 9.64. The molecule has 1 aliphatic heterocycles. The zero-order chi connectivity index (χ0) is 17.7. The van der Waals surface area contributed by atoms with E-state index in [0.29, 0.717) is 17.8 Å². The van der Waals surface area contributed by atoms with Crippen LogP contribution in [0.1, 0.15) is 36.3 Å². The lowest BCUT2D eigenvalue weighted by molar-refractivity contribution is -0.116. The average molecular weight is 363 g/mol. The van der Waals surface area contributed by atoms with Gasteiger partial charge >= 0.3 is 0 Å². The molecule has 0 fully saturated rings. The number of carbonyl (C=O) groups excluding carboxylic acids is 1. The van der Waals surface area contributed by atoms with Gasteiger partial charge in [0, 0.05) is 23.6 Å². The number of ketones is 1. The standard InChI is InChI=1S/C20H17N3O2S/c24-15-8-4-7-14-17(15)16(12-9-10-26-11-12)18-19(21-14)22-23(20(18)25)13-5-2-1-3-6-13/h1-3,5-6,9-11,16,21-22H,4,7-8H2/t16-/m0/s1. The number of Topliss-reactive ketones (excluding diaryl/α,β-unsaturated/α-hetero) is 1. The van der Waals surface area contributed by atoms with E-state index in [9.17, 15) is 9.59 Å². The third kappa shape index (κ3) is 2.22. The molecule has 0 saturated heterocycles. The molecule has 130 valence electrons. The zero-order valence-electron chi connectivity index (χ0n) is 14.0. The Morgan fingerprint density at radius 1 is 1.08 bits per heavy atom. The van der Waals surface area contributed by atoms with Gasteiger partial charge in [0.15, 0.2) is 5.78 Å². The molecule has 0 radical (unpaired) electrons. The normalized spacial score (nSPS) is 19.1. The third-order valence-electron chi connectivity index (χ3n) is 5.13. The lowest BCUT2D eigenvalue weighted by Gasteiger charge is -2.30. The number of thiophene rings is 1. The van der Waals surface area contributed by atoms with Crippen molar-refractivity contribution in [3.8, 4) is 5.69 Å². The van der Waals surface area contributed by atoms with Crippen LogP contribution in [0, 0.1) is 0 Å². The number of hydrogen-bond acceptors (Lipinski definition) is 4. The number of benzene rings is 1. The number of fused-ring (bicyclic) bond motifs is 1. The Bertz CT molecular complexity index is 1070. The summed E-state index contributed by atoms with van der Waals surface area (Å²) < 4.78 is 1.56. The number of nitrogens with zero attached hydrogens (tertiary/aromatic N) is 1. The minimum atomic E-state index is -0.297. The highest BCUT2D eigenvalue weighted by molar-refractivity contribution is 7.08. The summed E-state index contributed by atoms with van der Waals surface area (Å²) in [6.45, 7) is 0. The Morgan fingerprint density at radius 2 is 1.92 bits per heavy atom. The average Bonchev–Trinajstić information content (AvgIpc) is 3.30. The summed E-state index contributed by atoms with van der Waals surface area (Å²) in [5.74, 6) is 0.546. The van der Waals surface area contributed by atoms with Crippen LogP contribution in [0.2, 0.25) is 0 Å². The van der Waals surface area contributed by atoms with Gasteiger partial charge in [-0.25, -0.2) is 4.68 Å². The van der Waals surface area contributed by atoms with Gasteiger partial charge in [-0.15, -0.1) is 0 Å². The smallest absolute Gasteiger partial charge is 0.277 e. The summed E-state index contributed by atoms with van der Waals surface area (Å²) >= 11 is 1.58. The molecular weight excluding hydrogens is 346 g/mol. The van der Waals surface area contributed by atoms with Gasteiger partial charge in [0.05, 0.1) is 11.3 Å². The molecule has 0 bridgehead atoms. The summed E-state index contributed by atoms with van der Waals surface area (Å²) in [7, 11) is 0. The molecule has 0 saturated carbocycles. The fourth-order valence-corrected chi connectivity index (χ4v) is 4.65. The van der Waals surface area contributed by atoms with Crippen molar-refractivity contribution in [2.75, 3.05) is 5.32 Å². The summed E-state index contributed by atoms with van der Waals surface area (Å²) in [5, 5.41) is 10.6. The van der Waals surface area contributed by atoms with Gasteiger partial charge in [-0.2, -0.15) is 11.3 Å². The number of rotatable bonds is 2. The second kappa shape index (κ2) is 5.85. The fraction of sp³-hybridized carbons (Fsp3) is 0.200. The van der Waals surface area contributed by atoms with E-state index in [0.717, 1.165) is 35.4 Å². The van der Waals surface area contributed by atoms with E-state index in [1.54, 1.807) is 16.0 Å². The first-order chi connectivity index (χ1) is 12.7. The van der Waals surface area contributed by atoms with Crippen LogP contribution in [-0.4, -0.2) is 15.6 Å². The molecule has 0 amide bonds. The van der Waals surface area contributed by atoms with Gasteiger partial charge in [0.25, 0.3) is 5.56 Å². The van der Waals surface area contributed by atoms with E-state index in [4.69, 9.17) is 0 Å². The van der Waals surface area contributed by atoms with Crippen LogP contribution in [0.3, 0.4) is 0 Å². The largest absolute Gasteiger partial charge is 0.343 e. The maximum atomic E-state index is 13.3. The van der Waals surface area contributed by atoms with Crippen LogP contribution in [0.5, 0.6) is 0 Å². The molecule has 1 aliphatic carbocycles. The van der Waals surface area contributed by atoms with Gasteiger partial charge in [0.2, 0.25) is 0 Å². The van der Waals surface area contributed by atoms with Crippen molar-refractivity contribution in [3.05, 3.63) is 79.9 Å². The first-order valence-electron chi connectivity index (χ1n) is 8.69. The molecule has 3 heterocycles. The number of allylic oxidation sites excluding steroid dienone is 2. The van der Waals surface area contributed by atoms with Crippen LogP contribution >= 0.6 is 11.3 Å². The summed E-state index contributed by atoms with van der Waals surface area (Å²) in [6, 6.07) is 11.5. The second-order valence-electron chi connectivity index (χ2n) is 6.66. The lowest BCUT2D eigenvalue weighted by Crippen LogP contribution is -2.29. The number of aromatic nitrogens is 2. The highest BCUT2D eigenvalue weighted by Gasteiger charge is 2.38. The number of hydrogen-bond donors (Lipinski definition) is 2. The fourth-order valence-electron chi connectivity index (χ4n) is 3.97. The summed E-state index contributed by atoms with van der Waals surface area (Å²) in [5.41, 5.74) is 4.02. The van der Waals surface area contributed by atoms with E-state index < -0.39 is 0 Å². The topological polar surface area (TPSA) is 66.9 Å². The Kier molecular flexibility index (Phi) is 3.46. The van der Waals surface area contributed by atoms with Crippen molar-refractivity contribution in [2.24, 2.45) is 0 Å². The van der Waals surface area contributed by atoms with Gasteiger partial charge < -0.3 is 5.32 Å². The lowest BCUT2D eigenvalue weighted by atomic mass is 9.77. The van der Waals surface area contributed by atoms with Gasteiger partial charge in [0.1, 0.15) is 5.82 Å². The van der Waals surface area contributed by atoms with Crippen molar-refractivity contribution in [1.82, 2.24) is 9.78 Å². The molecule has 2 aromatic heterocycles. The molecule has 0 unspecified atom stereocenters. The minimum Gasteiger partial charge on any atom is -0.343 e. The predicted octanol–water partition coefficient (Wildman–Crippen LogP) is 3.79. The van der Waals surface area contributed by atoms with Gasteiger partial charge in [-0.3, -0.25) is 14.7 Å². The van der Waals surface area contributed by atoms with Crippen LogP contribution in [0.15, 0.2) is 63.2 Å². The maximum Gasteiger partial charge on any atom is 0.277 e. The number of H-pyrrole nitrogens is 1. The highest BCUT2D eigenvalue weighted by Crippen LogP contribution is 2.43. The molecular formula is C20H17N3O2S. The monoisotopic (exact) mass is 363 g/mol. The van der Waals surface area contributed by atoms with Crippen LogP contribution in [0.4, 0.5) is 5.82 Å². The summed E-state index contributed by atoms with van der Waals surface area (Å²) in [4.78, 5) is 26.0. The number of nitrogens with one attached hydrogen (secondary N) is 2. The Labute approximate surface area is 154 Å². The van der Waals surface area contributed by atoms with Crippen LogP contribution in [0.25, 0.3) is 5.69 Å². The number of anilines is 1. The predicted molar refractivity (Wildman–Crippen MR) is 102 cm³/mol. The Hall–Kier alpha value is -2.86. The number of carbonyl (C=O) groups is 1. The Morgan fingerprint density at radius 3 is 2.69 bits per heavy atom. The van der Waals surface area contributed by atoms with Crippen molar-refractivity contribution in [3.63, 3.8) is 0 Å². The van der Waals surface area contributed by atoms with Crippen molar-refractivity contribution >= 4 is 22.9 Å². The molecule has 5 rings (SSSR count). The molecule has 3 aromatic rings. The van der Waals surface area contributed by atoms with Gasteiger partial charge in [-0.1, -0.05) is 18.2 Å². The van der Waals surface area contributed by atoms with Gasteiger partial charge in [-0.05, 0) is 47.4 Å². The van der Waals surface area contributed by atoms with Crippen LogP contribution < -0.4 is 10.9 Å². The van der Waals surface area contributed by atoms with E-state index in [1.165, 1.54) is 0 Å². The quantitative estimate of drug-likeness (QED) is 0.728. The molecule has 6 heteroatoms. The number of aromatic amines is 1. The SMILES string of the molecule is O=C1CCCC2=C1[C@H](c1ccsc1)c1c([nH]n(-c3ccccc3)c1=O)N2. The minimum absolute atomic E-state index is 0.111. The van der Waals surface area contributed by atoms with Crippen molar-refractivity contribution < 1.29 is 4.79 Å². The molecule has 0 spiro atoms. The Balaban J connectivity index is 1.75. The third-order valence-corrected chi connectivity index (χ3v) is 5.83. The van der Waals surface area contributed by atoms with E-state index >= 15 is 0 Å². The highest BCUT2D eigenvalue weighted by atomic mass is 32.1.